The molecule has 3 aliphatic rings. The highest BCUT2D eigenvalue weighted by Crippen LogP contribution is 2.47. The SMILES string of the molecule is C/C(=N\NC(=O)CC(C)(C)SSCCC(=O)N1CCN(c2ccc(C(=O)NCc3ccc(NC(=O)[C@@H]4CC4c4cccnc4)cc3F)cc2)CC1)c1ccc(OCCCC(=O)ON2C(=O)CCC2=O)cc1. The van der Waals surface area contributed by atoms with E-state index in [1.165, 1.54) is 6.07 Å². The number of rotatable bonds is 22. The van der Waals surface area contributed by atoms with Crippen LogP contribution in [0.25, 0.3) is 0 Å². The second-order valence-corrected chi connectivity index (χ2v) is 21.1. The van der Waals surface area contributed by atoms with Crippen LogP contribution in [-0.2, 0) is 40.1 Å². The maximum absolute atomic E-state index is 15.0. The smallest absolute Gasteiger partial charge is 0.333 e. The van der Waals surface area contributed by atoms with Crippen molar-refractivity contribution in [2.45, 2.75) is 82.9 Å². The molecule has 20 heteroatoms. The van der Waals surface area contributed by atoms with Crippen LogP contribution in [0.2, 0.25) is 0 Å². The first kappa shape index (κ1) is 52.0. The summed E-state index contributed by atoms with van der Waals surface area (Å²) in [4.78, 5) is 99.8. The number of anilines is 2. The lowest BCUT2D eigenvalue weighted by molar-refractivity contribution is -0.197. The summed E-state index contributed by atoms with van der Waals surface area (Å²) in [5, 5.41) is 10.4. The van der Waals surface area contributed by atoms with Gasteiger partial charge in [0.25, 0.3) is 17.7 Å². The van der Waals surface area contributed by atoms with E-state index in [0.717, 1.165) is 23.2 Å². The predicted molar refractivity (Wildman–Crippen MR) is 269 cm³/mol. The highest BCUT2D eigenvalue weighted by molar-refractivity contribution is 8.77. The number of hydroxylamine groups is 2. The minimum atomic E-state index is -0.681. The van der Waals surface area contributed by atoms with E-state index in [1.54, 1.807) is 89.4 Å². The first-order valence-corrected chi connectivity index (χ1v) is 25.8. The largest absolute Gasteiger partial charge is 0.494 e. The summed E-state index contributed by atoms with van der Waals surface area (Å²) in [5.41, 5.74) is 7.05. The van der Waals surface area contributed by atoms with Gasteiger partial charge in [0.05, 0.1) is 18.7 Å². The molecule has 2 aliphatic heterocycles. The first-order chi connectivity index (χ1) is 34.1. The number of nitrogens with zero attached hydrogens (tertiary/aromatic N) is 5. The van der Waals surface area contributed by atoms with Gasteiger partial charge in [-0.2, -0.15) is 5.10 Å². The van der Waals surface area contributed by atoms with Crippen LogP contribution in [0.4, 0.5) is 15.8 Å². The van der Waals surface area contributed by atoms with Crippen LogP contribution in [0.5, 0.6) is 5.75 Å². The van der Waals surface area contributed by atoms with Crippen LogP contribution >= 0.6 is 21.6 Å². The summed E-state index contributed by atoms with van der Waals surface area (Å²) in [6, 6.07) is 22.5. The third-order valence-corrected chi connectivity index (χ3v) is 15.3. The van der Waals surface area contributed by atoms with Crippen LogP contribution < -0.4 is 25.7 Å². The highest BCUT2D eigenvalue weighted by Gasteiger charge is 2.44. The quantitative estimate of drug-likeness (QED) is 0.0244. The van der Waals surface area contributed by atoms with Crippen molar-refractivity contribution >= 4 is 80.1 Å². The van der Waals surface area contributed by atoms with E-state index in [9.17, 15) is 38.0 Å². The van der Waals surface area contributed by atoms with Gasteiger partial charge < -0.3 is 30.0 Å². The number of hydrogen-bond acceptors (Lipinski definition) is 14. The molecule has 1 saturated carbocycles. The zero-order valence-corrected chi connectivity index (χ0v) is 41.5. The summed E-state index contributed by atoms with van der Waals surface area (Å²) < 4.78 is 20.3. The zero-order valence-electron chi connectivity index (χ0n) is 39.8. The van der Waals surface area contributed by atoms with Crippen molar-refractivity contribution in [1.29, 1.82) is 0 Å². The van der Waals surface area contributed by atoms with Gasteiger partial charge in [-0.25, -0.2) is 14.6 Å². The van der Waals surface area contributed by atoms with Gasteiger partial charge in [-0.1, -0.05) is 33.7 Å². The molecule has 71 heavy (non-hydrogen) atoms. The number of nitrogens with one attached hydrogen (secondary N) is 3. The minimum Gasteiger partial charge on any atom is -0.494 e. The average Bonchev–Trinajstić information content (AvgIpc) is 4.12. The van der Waals surface area contributed by atoms with E-state index in [2.05, 4.69) is 31.0 Å². The van der Waals surface area contributed by atoms with Gasteiger partial charge in [-0.15, -0.1) is 5.06 Å². The van der Waals surface area contributed by atoms with Crippen LogP contribution in [0, 0.1) is 11.7 Å². The summed E-state index contributed by atoms with van der Waals surface area (Å²) in [6.07, 6.45) is 5.14. The Morgan fingerprint density at radius 1 is 0.901 bits per heavy atom. The Morgan fingerprint density at radius 2 is 1.62 bits per heavy atom. The Hall–Kier alpha value is -6.80. The second-order valence-electron chi connectivity index (χ2n) is 18.0. The molecule has 3 aromatic carbocycles. The lowest BCUT2D eigenvalue weighted by atomic mass is 10.1. The number of piperazine rings is 1. The molecule has 1 unspecified atom stereocenters. The molecular weight excluding hydrogens is 952 g/mol. The van der Waals surface area contributed by atoms with Gasteiger partial charge in [0.15, 0.2) is 0 Å². The van der Waals surface area contributed by atoms with Crippen molar-refractivity contribution in [2.24, 2.45) is 11.0 Å². The van der Waals surface area contributed by atoms with Crippen LogP contribution in [0.1, 0.15) is 98.7 Å². The molecule has 6 amide bonds. The Labute approximate surface area is 419 Å². The van der Waals surface area contributed by atoms with Gasteiger partial charge in [0, 0.05) is 110 Å². The summed E-state index contributed by atoms with van der Waals surface area (Å²) in [5.74, 6) is -1.83. The number of carbonyl (C=O) groups is 7. The van der Waals surface area contributed by atoms with Crippen molar-refractivity contribution in [1.82, 2.24) is 25.7 Å². The van der Waals surface area contributed by atoms with E-state index >= 15 is 0 Å². The molecule has 2 saturated heterocycles. The molecular formula is C51H57FN8O9S2. The molecule has 3 fully saturated rings. The number of aromatic nitrogens is 1. The standard InChI is InChI=1S/C51H57FN8O9S2/c1-33(34-11-16-40(17-12-34)68-26-5-7-48(65)69-60-46(63)18-19-47(60)64)56-57-44(61)30-51(2,3)71-70-27-20-45(62)59-24-22-58(23-25-59)39-14-9-35(10-15-39)49(66)54-32-37-8-13-38(28-43(37)52)55-50(67)42-29-41(42)36-6-4-21-53-31-36/h4,6,8-17,21,28,31,41-42H,5,7,18-20,22-27,29-30,32H2,1-3H3,(H,54,66)(H,55,67)(H,57,61)/b56-33+/t41?,42-/m1/s1. The van der Waals surface area contributed by atoms with E-state index in [0.29, 0.717) is 78.1 Å². The first-order valence-electron chi connectivity index (χ1n) is 23.5. The highest BCUT2D eigenvalue weighted by atomic mass is 33.1. The summed E-state index contributed by atoms with van der Waals surface area (Å²) >= 11 is 0. The van der Waals surface area contributed by atoms with Crippen LogP contribution in [0.15, 0.2) is 96.4 Å². The van der Waals surface area contributed by atoms with Crippen molar-refractivity contribution in [3.05, 3.63) is 119 Å². The van der Waals surface area contributed by atoms with Gasteiger partial charge in [-0.3, -0.25) is 33.8 Å². The summed E-state index contributed by atoms with van der Waals surface area (Å²) in [7, 11) is 3.11. The van der Waals surface area contributed by atoms with E-state index in [4.69, 9.17) is 9.57 Å². The second kappa shape index (κ2) is 24.4. The molecule has 1 aromatic heterocycles. The number of benzene rings is 3. The lowest BCUT2D eigenvalue weighted by Crippen LogP contribution is -2.48. The van der Waals surface area contributed by atoms with Crippen LogP contribution in [-0.4, -0.2) is 105 Å². The third kappa shape index (κ3) is 15.1. The molecule has 3 heterocycles. The number of amides is 6. The number of imide groups is 1. The molecule has 0 bridgehead atoms. The van der Waals surface area contributed by atoms with Gasteiger partial charge in [0.1, 0.15) is 11.6 Å². The van der Waals surface area contributed by atoms with Crippen molar-refractivity contribution < 1.29 is 47.5 Å². The zero-order chi connectivity index (χ0) is 50.5. The van der Waals surface area contributed by atoms with Gasteiger partial charge in [-0.05, 0) is 117 Å². The number of ether oxygens (including phenoxy) is 1. The molecule has 7 rings (SSSR count). The van der Waals surface area contributed by atoms with Crippen molar-refractivity contribution in [3.8, 4) is 5.75 Å². The molecule has 17 nitrogen and oxygen atoms in total. The van der Waals surface area contributed by atoms with Crippen LogP contribution in [0.3, 0.4) is 0 Å². The maximum Gasteiger partial charge on any atom is 0.333 e. The fraction of sp³-hybridized carbons (Fsp3) is 0.392. The predicted octanol–water partition coefficient (Wildman–Crippen LogP) is 6.79. The minimum absolute atomic E-state index is 0.0202. The van der Waals surface area contributed by atoms with Gasteiger partial charge in [0.2, 0.25) is 17.7 Å². The molecule has 0 spiro atoms. The van der Waals surface area contributed by atoms with E-state index in [1.807, 2.05) is 43.0 Å². The Kier molecular flexibility index (Phi) is 17.8. The maximum atomic E-state index is 15.0. The fourth-order valence-electron chi connectivity index (χ4n) is 7.93. The van der Waals surface area contributed by atoms with Crippen molar-refractivity contribution in [3.63, 3.8) is 0 Å². The normalized spacial score (nSPS) is 16.9. The monoisotopic (exact) mass is 1010 g/mol. The molecule has 2 atom stereocenters. The number of hydrazone groups is 1. The number of halogens is 1. The van der Waals surface area contributed by atoms with Gasteiger partial charge >= 0.3 is 5.97 Å². The fourth-order valence-corrected chi connectivity index (χ4v) is 10.4. The van der Waals surface area contributed by atoms with Crippen molar-refractivity contribution in [2.75, 3.05) is 48.8 Å². The number of pyridine rings is 1. The number of hydrogen-bond donors (Lipinski definition) is 3. The van der Waals surface area contributed by atoms with E-state index in [-0.39, 0.29) is 74.3 Å². The third-order valence-electron chi connectivity index (χ3n) is 12.0. The topological polar surface area (TPSA) is 209 Å². The molecule has 4 aromatic rings. The Morgan fingerprint density at radius 3 is 2.31 bits per heavy atom. The Balaban J connectivity index is 0.736. The molecule has 374 valence electrons. The number of carbonyl (C=O) groups excluding carboxylic acids is 7. The van der Waals surface area contributed by atoms with E-state index < -0.39 is 28.3 Å². The molecule has 1 aliphatic carbocycles. The lowest BCUT2D eigenvalue weighted by Gasteiger charge is -2.36. The molecule has 3 N–H and O–H groups in total. The molecule has 0 radical (unpaired) electrons. The average molecular weight is 1010 g/mol. The Bertz CT molecular complexity index is 2600. The summed E-state index contributed by atoms with van der Waals surface area (Å²) in [6.45, 7) is 8.34.